The molecule has 0 aliphatic carbocycles. The van der Waals surface area contributed by atoms with E-state index < -0.39 is 0 Å². The van der Waals surface area contributed by atoms with E-state index in [-0.39, 0.29) is 11.8 Å². The number of rotatable bonds is 2. The van der Waals surface area contributed by atoms with Crippen LogP contribution in [0.5, 0.6) is 0 Å². The van der Waals surface area contributed by atoms with Gasteiger partial charge in [0.15, 0.2) is 0 Å². The van der Waals surface area contributed by atoms with Crippen molar-refractivity contribution in [2.75, 3.05) is 10.6 Å². The highest BCUT2D eigenvalue weighted by atomic mass is 16.2. The first-order valence-corrected chi connectivity index (χ1v) is 6.78. The molecule has 0 unspecified atom stereocenters. The minimum absolute atomic E-state index is 0.222. The zero-order valence-corrected chi connectivity index (χ0v) is 12.2. The summed E-state index contributed by atoms with van der Waals surface area (Å²) >= 11 is 0. The van der Waals surface area contributed by atoms with Gasteiger partial charge in [-0.05, 0) is 24.3 Å². The van der Waals surface area contributed by atoms with Crippen LogP contribution in [0.1, 0.15) is 13.8 Å². The summed E-state index contributed by atoms with van der Waals surface area (Å²) in [6, 6.07) is 11.0. The van der Waals surface area contributed by atoms with E-state index in [1.807, 2.05) is 24.3 Å². The largest absolute Gasteiger partial charge is 0.324 e. The lowest BCUT2D eigenvalue weighted by Crippen LogP contribution is -2.12. The van der Waals surface area contributed by atoms with Crippen LogP contribution >= 0.6 is 0 Å². The van der Waals surface area contributed by atoms with Crippen molar-refractivity contribution in [1.29, 1.82) is 0 Å². The molecule has 110 valence electrons. The topological polar surface area (TPSA) is 84.0 Å². The number of hydrogen-bond donors (Lipinski definition) is 2. The summed E-state index contributed by atoms with van der Waals surface area (Å²) in [5, 5.41) is 5.40. The molecule has 3 rings (SSSR count). The fraction of sp³-hybridized carbons (Fsp3) is 0.125. The number of carbonyl (C=O) groups is 2. The average Bonchev–Trinajstić information content (AvgIpc) is 2.45. The number of nitrogens with one attached hydrogen (secondary N) is 2. The lowest BCUT2D eigenvalue weighted by Gasteiger charge is -2.12. The number of anilines is 2. The van der Waals surface area contributed by atoms with Gasteiger partial charge in [-0.2, -0.15) is 0 Å². The second kappa shape index (κ2) is 5.40. The molecule has 2 aromatic carbocycles. The number of benzene rings is 2. The van der Waals surface area contributed by atoms with Gasteiger partial charge in [0, 0.05) is 13.8 Å². The highest BCUT2D eigenvalue weighted by molar-refractivity contribution is 6.02. The van der Waals surface area contributed by atoms with Crippen LogP contribution in [-0.4, -0.2) is 21.8 Å². The van der Waals surface area contributed by atoms with Gasteiger partial charge >= 0.3 is 0 Å². The van der Waals surface area contributed by atoms with E-state index in [2.05, 4.69) is 20.6 Å². The average molecular weight is 294 g/mol. The Bertz CT molecular complexity index is 831. The number of aromatic nitrogens is 2. The second-order valence-electron chi connectivity index (χ2n) is 4.96. The third-order valence-electron chi connectivity index (χ3n) is 3.10. The normalized spacial score (nSPS) is 10.6. The summed E-state index contributed by atoms with van der Waals surface area (Å²) in [7, 11) is 0. The lowest BCUT2D eigenvalue weighted by atomic mass is 10.2. The molecule has 22 heavy (non-hydrogen) atoms. The van der Waals surface area contributed by atoms with Gasteiger partial charge in [-0.1, -0.05) is 12.1 Å². The molecule has 0 fully saturated rings. The van der Waals surface area contributed by atoms with Crippen molar-refractivity contribution >= 4 is 45.3 Å². The highest BCUT2D eigenvalue weighted by Crippen LogP contribution is 2.28. The monoisotopic (exact) mass is 294 g/mol. The number of fused-ring (bicyclic) bond motifs is 2. The van der Waals surface area contributed by atoms with Gasteiger partial charge in [0.1, 0.15) is 0 Å². The molecule has 1 heterocycles. The predicted octanol–water partition coefficient (Wildman–Crippen LogP) is 2.70. The van der Waals surface area contributed by atoms with Crippen molar-refractivity contribution in [2.45, 2.75) is 13.8 Å². The van der Waals surface area contributed by atoms with Gasteiger partial charge in [-0.3, -0.25) is 9.59 Å². The summed E-state index contributed by atoms with van der Waals surface area (Å²) < 4.78 is 0. The molecule has 1 aromatic heterocycles. The molecule has 6 nitrogen and oxygen atoms in total. The molecule has 2 amide bonds. The van der Waals surface area contributed by atoms with Crippen molar-refractivity contribution < 1.29 is 9.59 Å². The van der Waals surface area contributed by atoms with Crippen LogP contribution in [0.25, 0.3) is 22.1 Å². The predicted molar refractivity (Wildman–Crippen MR) is 85.7 cm³/mol. The molecule has 6 heteroatoms. The van der Waals surface area contributed by atoms with E-state index in [1.54, 1.807) is 12.1 Å². The van der Waals surface area contributed by atoms with Crippen molar-refractivity contribution in [1.82, 2.24) is 9.97 Å². The Labute approximate surface area is 126 Å². The molecule has 0 saturated heterocycles. The Kier molecular flexibility index (Phi) is 3.42. The first kappa shape index (κ1) is 13.9. The van der Waals surface area contributed by atoms with Crippen molar-refractivity contribution in [2.24, 2.45) is 0 Å². The van der Waals surface area contributed by atoms with E-state index >= 15 is 0 Å². The second-order valence-corrected chi connectivity index (χ2v) is 4.96. The van der Waals surface area contributed by atoms with Crippen LogP contribution in [0.4, 0.5) is 11.4 Å². The zero-order chi connectivity index (χ0) is 15.7. The third kappa shape index (κ3) is 2.71. The maximum Gasteiger partial charge on any atom is 0.221 e. The number of para-hydroxylation sites is 2. The number of hydrogen-bond acceptors (Lipinski definition) is 4. The summed E-state index contributed by atoms with van der Waals surface area (Å²) in [6.45, 7) is 2.82. The van der Waals surface area contributed by atoms with E-state index in [1.165, 1.54) is 13.8 Å². The number of amides is 2. The van der Waals surface area contributed by atoms with E-state index in [0.29, 0.717) is 22.4 Å². The van der Waals surface area contributed by atoms with Gasteiger partial charge in [-0.25, -0.2) is 9.97 Å². The standard InChI is InChI=1S/C16H14N4O2/c1-9(21)17-13-7-15-16(8-14(13)18-10(2)22)20-12-6-4-3-5-11(12)19-15/h3-8H,1-2H3,(H,17,21)(H,18,22). The SMILES string of the molecule is CC(=O)Nc1cc2nc3ccccc3nc2cc1NC(C)=O. The number of nitrogens with zero attached hydrogens (tertiary/aromatic N) is 2. The van der Waals surface area contributed by atoms with Crippen molar-refractivity contribution in [3.8, 4) is 0 Å². The van der Waals surface area contributed by atoms with E-state index in [0.717, 1.165) is 11.0 Å². The molecular weight excluding hydrogens is 280 g/mol. The summed E-state index contributed by atoms with van der Waals surface area (Å²) in [6.07, 6.45) is 0. The Morgan fingerprint density at radius 2 is 1.18 bits per heavy atom. The Morgan fingerprint density at radius 1 is 0.773 bits per heavy atom. The van der Waals surface area contributed by atoms with Crippen molar-refractivity contribution in [3.05, 3.63) is 36.4 Å². The quantitative estimate of drug-likeness (QED) is 0.712. The van der Waals surface area contributed by atoms with Gasteiger partial charge in [-0.15, -0.1) is 0 Å². The first-order chi connectivity index (χ1) is 10.5. The maximum atomic E-state index is 11.3. The Balaban J connectivity index is 2.23. The van der Waals surface area contributed by atoms with Crippen LogP contribution in [0.15, 0.2) is 36.4 Å². The molecule has 0 aliphatic heterocycles. The fourth-order valence-corrected chi connectivity index (χ4v) is 2.25. The van der Waals surface area contributed by atoms with Gasteiger partial charge in [0.2, 0.25) is 11.8 Å². The minimum Gasteiger partial charge on any atom is -0.324 e. The summed E-state index contributed by atoms with van der Waals surface area (Å²) in [4.78, 5) is 31.8. The molecular formula is C16H14N4O2. The fourth-order valence-electron chi connectivity index (χ4n) is 2.25. The van der Waals surface area contributed by atoms with E-state index in [9.17, 15) is 9.59 Å². The molecule has 3 aromatic rings. The van der Waals surface area contributed by atoms with Gasteiger partial charge < -0.3 is 10.6 Å². The van der Waals surface area contributed by atoms with Crippen LogP contribution in [0.3, 0.4) is 0 Å². The zero-order valence-electron chi connectivity index (χ0n) is 12.2. The van der Waals surface area contributed by atoms with Gasteiger partial charge in [0.25, 0.3) is 0 Å². The first-order valence-electron chi connectivity index (χ1n) is 6.78. The van der Waals surface area contributed by atoms with E-state index in [4.69, 9.17) is 0 Å². The maximum absolute atomic E-state index is 11.3. The molecule has 0 saturated carbocycles. The lowest BCUT2D eigenvalue weighted by molar-refractivity contribution is -0.115. The Morgan fingerprint density at radius 3 is 1.55 bits per heavy atom. The summed E-state index contributed by atoms with van der Waals surface area (Å²) in [5.74, 6) is -0.445. The molecule has 0 atom stereocenters. The smallest absolute Gasteiger partial charge is 0.221 e. The minimum atomic E-state index is -0.222. The van der Waals surface area contributed by atoms with Crippen LogP contribution < -0.4 is 10.6 Å². The summed E-state index contributed by atoms with van der Waals surface area (Å²) in [5.41, 5.74) is 3.85. The molecule has 0 radical (unpaired) electrons. The number of carbonyl (C=O) groups excluding carboxylic acids is 2. The third-order valence-corrected chi connectivity index (χ3v) is 3.10. The Hall–Kier alpha value is -3.02. The molecule has 0 spiro atoms. The molecule has 0 aliphatic rings. The van der Waals surface area contributed by atoms with Crippen molar-refractivity contribution in [3.63, 3.8) is 0 Å². The van der Waals surface area contributed by atoms with Crippen LogP contribution in [0, 0.1) is 0 Å². The van der Waals surface area contributed by atoms with Gasteiger partial charge in [0.05, 0.1) is 33.4 Å². The molecule has 2 N–H and O–H groups in total. The highest BCUT2D eigenvalue weighted by Gasteiger charge is 2.10. The molecule has 0 bridgehead atoms. The van der Waals surface area contributed by atoms with Crippen LogP contribution in [-0.2, 0) is 9.59 Å². The van der Waals surface area contributed by atoms with Crippen LogP contribution in [0.2, 0.25) is 0 Å².